The quantitative estimate of drug-likeness (QED) is 0.383. The second-order valence-corrected chi connectivity index (χ2v) is 8.15. The van der Waals surface area contributed by atoms with E-state index in [-0.39, 0.29) is 18.5 Å². The molecule has 0 radical (unpaired) electrons. The largest absolute Gasteiger partial charge is 0.471 e. The summed E-state index contributed by atoms with van der Waals surface area (Å²) in [4.78, 5) is 17.1. The molecule has 2 heterocycles. The van der Waals surface area contributed by atoms with Crippen LogP contribution in [0.5, 0.6) is 5.88 Å². The number of hydrogen-bond acceptors (Lipinski definition) is 8. The molecule has 0 amide bonds. The Bertz CT molecular complexity index is 1010. The molecule has 3 rings (SSSR count). The van der Waals surface area contributed by atoms with Crippen molar-refractivity contribution < 1.29 is 18.7 Å². The molecule has 158 valence electrons. The molecule has 0 saturated heterocycles. The van der Waals surface area contributed by atoms with Gasteiger partial charge in [-0.25, -0.2) is 9.78 Å². The molecule has 0 bridgehead atoms. The Labute approximate surface area is 183 Å². The third kappa shape index (κ3) is 5.43. The first kappa shape index (κ1) is 21.9. The van der Waals surface area contributed by atoms with Crippen LogP contribution in [-0.2, 0) is 4.74 Å². The molecule has 0 spiro atoms. The van der Waals surface area contributed by atoms with E-state index in [1.165, 1.54) is 6.39 Å². The van der Waals surface area contributed by atoms with E-state index in [1.54, 1.807) is 31.3 Å². The van der Waals surface area contributed by atoms with Crippen molar-refractivity contribution in [3.63, 3.8) is 0 Å². The number of ether oxygens (including phenoxy) is 2. The van der Waals surface area contributed by atoms with Gasteiger partial charge >= 0.3 is 5.97 Å². The molecule has 0 aliphatic rings. The molecule has 1 unspecified atom stereocenters. The van der Waals surface area contributed by atoms with Crippen molar-refractivity contribution in [3.8, 4) is 17.3 Å². The van der Waals surface area contributed by atoms with E-state index in [0.29, 0.717) is 21.5 Å². The highest BCUT2D eigenvalue weighted by Gasteiger charge is 2.32. The number of esters is 1. The topological polar surface area (TPSA) is 99.4 Å². The van der Waals surface area contributed by atoms with Gasteiger partial charge in [0.05, 0.1) is 5.56 Å². The van der Waals surface area contributed by atoms with Crippen LogP contribution in [0.4, 0.5) is 0 Å². The van der Waals surface area contributed by atoms with Crippen molar-refractivity contribution >= 4 is 21.9 Å². The van der Waals surface area contributed by atoms with E-state index >= 15 is 0 Å². The van der Waals surface area contributed by atoms with Gasteiger partial charge in [0.2, 0.25) is 12.3 Å². The monoisotopic (exact) mass is 474 g/mol. The number of aryl methyl sites for hydroxylation is 1. The summed E-state index contributed by atoms with van der Waals surface area (Å²) in [6.07, 6.45) is 2.83. The minimum absolute atomic E-state index is 0.0125. The summed E-state index contributed by atoms with van der Waals surface area (Å²) in [7, 11) is 0. The maximum atomic E-state index is 12.8. The average molecular weight is 475 g/mol. The summed E-state index contributed by atoms with van der Waals surface area (Å²) in [5, 5.41) is 10.8. The van der Waals surface area contributed by atoms with Gasteiger partial charge in [-0.2, -0.15) is 0 Å². The molecule has 0 fully saturated rings. The maximum absolute atomic E-state index is 12.8. The van der Waals surface area contributed by atoms with Crippen LogP contribution in [0.3, 0.4) is 0 Å². The molecule has 9 heteroatoms. The SMILES string of the molecule is Cc1ccc(C(=O)OC(C)(COc2ncccc2-c2nnco2)NC(C)C)c(Br)c1. The lowest BCUT2D eigenvalue weighted by Gasteiger charge is -2.32. The smallest absolute Gasteiger partial charge is 0.341 e. The average Bonchev–Trinajstić information content (AvgIpc) is 3.20. The summed E-state index contributed by atoms with van der Waals surface area (Å²) in [5.41, 5.74) is 0.906. The number of hydrogen-bond donors (Lipinski definition) is 1. The van der Waals surface area contributed by atoms with E-state index < -0.39 is 11.7 Å². The third-order valence-electron chi connectivity index (χ3n) is 4.10. The number of pyridine rings is 1. The molecule has 1 atom stereocenters. The van der Waals surface area contributed by atoms with Gasteiger partial charge in [-0.15, -0.1) is 10.2 Å². The summed E-state index contributed by atoms with van der Waals surface area (Å²) in [6, 6.07) is 8.99. The Balaban J connectivity index is 1.80. The minimum atomic E-state index is -1.11. The number of aromatic nitrogens is 3. The van der Waals surface area contributed by atoms with Crippen molar-refractivity contribution in [2.75, 3.05) is 6.61 Å². The lowest BCUT2D eigenvalue weighted by Crippen LogP contribution is -2.53. The van der Waals surface area contributed by atoms with Crippen LogP contribution in [0.1, 0.15) is 36.7 Å². The summed E-state index contributed by atoms with van der Waals surface area (Å²) in [5.74, 6) is 0.113. The maximum Gasteiger partial charge on any atom is 0.341 e. The van der Waals surface area contributed by atoms with Crippen LogP contribution in [0.2, 0.25) is 0 Å². The van der Waals surface area contributed by atoms with Crippen molar-refractivity contribution in [2.24, 2.45) is 0 Å². The highest BCUT2D eigenvalue weighted by molar-refractivity contribution is 9.10. The van der Waals surface area contributed by atoms with E-state index in [2.05, 4.69) is 36.4 Å². The molecule has 30 heavy (non-hydrogen) atoms. The van der Waals surface area contributed by atoms with Crippen molar-refractivity contribution in [2.45, 2.75) is 39.5 Å². The fraction of sp³-hybridized carbons (Fsp3) is 0.333. The van der Waals surface area contributed by atoms with Crippen molar-refractivity contribution in [1.82, 2.24) is 20.5 Å². The second kappa shape index (κ2) is 9.36. The Morgan fingerprint density at radius 3 is 2.80 bits per heavy atom. The van der Waals surface area contributed by atoms with Gasteiger partial charge in [-0.05, 0) is 73.5 Å². The van der Waals surface area contributed by atoms with E-state index in [1.807, 2.05) is 32.9 Å². The Hall–Kier alpha value is -2.78. The highest BCUT2D eigenvalue weighted by Crippen LogP contribution is 2.27. The van der Waals surface area contributed by atoms with Crippen LogP contribution in [0.15, 0.2) is 51.8 Å². The fourth-order valence-corrected chi connectivity index (χ4v) is 3.58. The van der Waals surface area contributed by atoms with Gasteiger partial charge in [-0.3, -0.25) is 5.32 Å². The number of halogens is 1. The van der Waals surface area contributed by atoms with E-state index in [9.17, 15) is 4.79 Å². The zero-order chi connectivity index (χ0) is 21.7. The number of carbonyl (C=O) groups excluding carboxylic acids is 1. The number of rotatable bonds is 8. The predicted molar refractivity (Wildman–Crippen MR) is 114 cm³/mol. The van der Waals surface area contributed by atoms with Crippen LogP contribution in [0.25, 0.3) is 11.5 Å². The first-order valence-electron chi connectivity index (χ1n) is 9.39. The van der Waals surface area contributed by atoms with Crippen LogP contribution < -0.4 is 10.1 Å². The molecular formula is C21H23BrN4O4. The van der Waals surface area contributed by atoms with Crippen LogP contribution in [0, 0.1) is 6.92 Å². The summed E-state index contributed by atoms with van der Waals surface area (Å²) >= 11 is 3.43. The zero-order valence-corrected chi connectivity index (χ0v) is 18.8. The normalized spacial score (nSPS) is 13.1. The molecule has 0 saturated carbocycles. The Kier molecular flexibility index (Phi) is 6.84. The molecule has 2 aromatic heterocycles. The summed E-state index contributed by atoms with van der Waals surface area (Å²) < 4.78 is 17.7. The number of benzene rings is 1. The Morgan fingerprint density at radius 1 is 1.33 bits per heavy atom. The molecule has 8 nitrogen and oxygen atoms in total. The highest BCUT2D eigenvalue weighted by atomic mass is 79.9. The second-order valence-electron chi connectivity index (χ2n) is 7.29. The van der Waals surface area contributed by atoms with E-state index in [0.717, 1.165) is 5.56 Å². The molecule has 1 N–H and O–H groups in total. The molecule has 1 aromatic carbocycles. The Morgan fingerprint density at radius 2 is 2.13 bits per heavy atom. The third-order valence-corrected chi connectivity index (χ3v) is 4.76. The number of nitrogens with one attached hydrogen (secondary N) is 1. The summed E-state index contributed by atoms with van der Waals surface area (Å²) in [6.45, 7) is 7.63. The number of carbonyl (C=O) groups is 1. The van der Waals surface area contributed by atoms with Gasteiger partial charge in [-0.1, -0.05) is 6.07 Å². The van der Waals surface area contributed by atoms with Gasteiger partial charge in [0, 0.05) is 16.7 Å². The minimum Gasteiger partial charge on any atom is -0.471 e. The van der Waals surface area contributed by atoms with Crippen LogP contribution in [-0.4, -0.2) is 39.5 Å². The molecule has 0 aliphatic heterocycles. The molecule has 0 aliphatic carbocycles. The van der Waals surface area contributed by atoms with Crippen molar-refractivity contribution in [1.29, 1.82) is 0 Å². The van der Waals surface area contributed by atoms with Gasteiger partial charge in [0.25, 0.3) is 5.89 Å². The van der Waals surface area contributed by atoms with Gasteiger partial charge < -0.3 is 13.9 Å². The lowest BCUT2D eigenvalue weighted by molar-refractivity contribution is -0.0550. The fourth-order valence-electron chi connectivity index (χ4n) is 2.92. The number of nitrogens with zero attached hydrogens (tertiary/aromatic N) is 3. The van der Waals surface area contributed by atoms with E-state index in [4.69, 9.17) is 13.9 Å². The first-order valence-corrected chi connectivity index (χ1v) is 10.2. The molecular weight excluding hydrogens is 452 g/mol. The van der Waals surface area contributed by atoms with Crippen LogP contribution >= 0.6 is 15.9 Å². The zero-order valence-electron chi connectivity index (χ0n) is 17.2. The van der Waals surface area contributed by atoms with Gasteiger partial charge in [0.15, 0.2) is 5.72 Å². The van der Waals surface area contributed by atoms with Gasteiger partial charge in [0.1, 0.15) is 12.2 Å². The molecule has 3 aromatic rings. The first-order chi connectivity index (χ1) is 14.3. The lowest BCUT2D eigenvalue weighted by atomic mass is 10.1. The van der Waals surface area contributed by atoms with Crippen molar-refractivity contribution in [3.05, 3.63) is 58.5 Å². The predicted octanol–water partition coefficient (Wildman–Crippen LogP) is 4.15. The standard InChI is InChI=1S/C21H23BrN4O4/c1-13(2)25-21(4,30-20(27)15-8-7-14(3)10-17(15)22)11-28-18-16(6-5-9-23-18)19-26-24-12-29-19/h5-10,12-13,25H,11H2,1-4H3.